The van der Waals surface area contributed by atoms with E-state index >= 15 is 0 Å². The minimum atomic E-state index is -0.453. The van der Waals surface area contributed by atoms with Crippen LogP contribution in [-0.4, -0.2) is 34.7 Å². The normalized spacial score (nSPS) is 24.3. The third-order valence-corrected chi connectivity index (χ3v) is 6.11. The Hall–Kier alpha value is -1.63. The van der Waals surface area contributed by atoms with E-state index in [0.29, 0.717) is 0 Å². The van der Waals surface area contributed by atoms with Crippen LogP contribution in [0.1, 0.15) is 58.7 Å². The lowest BCUT2D eigenvalue weighted by Crippen LogP contribution is -2.42. The zero-order chi connectivity index (χ0) is 19.2. The molecule has 1 atom stereocenters. The highest BCUT2D eigenvalue weighted by molar-refractivity contribution is 6.61. The van der Waals surface area contributed by atoms with Crippen LogP contribution in [0.3, 0.4) is 0 Å². The van der Waals surface area contributed by atoms with Crippen molar-refractivity contribution in [3.63, 3.8) is 0 Å². The molecule has 0 spiro atoms. The average molecular weight is 368 g/mol. The predicted octanol–water partition coefficient (Wildman–Crippen LogP) is 3.86. The fraction of sp³-hybridized carbons (Fsp3) is 0.571. The molecule has 2 aliphatic rings. The largest absolute Gasteiger partial charge is 0.514 e. The van der Waals surface area contributed by atoms with Gasteiger partial charge in [-0.3, -0.25) is 0 Å². The van der Waals surface area contributed by atoms with Crippen LogP contribution in [0.4, 0.5) is 0 Å². The second-order valence-corrected chi connectivity index (χ2v) is 8.62. The SMILES string of the molecule is Cc1ccccc1-c1cc(B2OC(C)(C)C(C)(C)O2)n(C2CCCCO2)n1. The molecule has 1 aromatic heterocycles. The molecule has 5 nitrogen and oxygen atoms in total. The molecule has 2 aliphatic heterocycles. The highest BCUT2D eigenvalue weighted by Gasteiger charge is 2.53. The second-order valence-electron chi connectivity index (χ2n) is 8.62. The summed E-state index contributed by atoms with van der Waals surface area (Å²) >= 11 is 0. The fourth-order valence-corrected chi connectivity index (χ4v) is 3.69. The second kappa shape index (κ2) is 6.76. The van der Waals surface area contributed by atoms with Crippen molar-refractivity contribution in [1.82, 2.24) is 9.78 Å². The van der Waals surface area contributed by atoms with E-state index in [2.05, 4.69) is 58.9 Å². The highest BCUT2D eigenvalue weighted by Crippen LogP contribution is 2.37. The van der Waals surface area contributed by atoms with Crippen LogP contribution in [0.2, 0.25) is 0 Å². The van der Waals surface area contributed by atoms with Crippen molar-refractivity contribution in [2.24, 2.45) is 0 Å². The van der Waals surface area contributed by atoms with E-state index in [1.807, 2.05) is 10.7 Å². The number of hydrogen-bond donors (Lipinski definition) is 0. The van der Waals surface area contributed by atoms with E-state index in [4.69, 9.17) is 19.1 Å². The van der Waals surface area contributed by atoms with E-state index < -0.39 is 7.12 Å². The van der Waals surface area contributed by atoms with Gasteiger partial charge in [0.15, 0.2) is 0 Å². The first-order chi connectivity index (χ1) is 12.8. The molecule has 6 heteroatoms. The summed E-state index contributed by atoms with van der Waals surface area (Å²) in [4.78, 5) is 0. The monoisotopic (exact) mass is 368 g/mol. The first-order valence-electron chi connectivity index (χ1n) is 9.91. The van der Waals surface area contributed by atoms with Crippen molar-refractivity contribution in [1.29, 1.82) is 0 Å². The Balaban J connectivity index is 1.76. The van der Waals surface area contributed by atoms with Crippen molar-refractivity contribution in [3.8, 4) is 11.3 Å². The Morgan fingerprint density at radius 2 is 1.78 bits per heavy atom. The Kier molecular flexibility index (Phi) is 4.69. The number of benzene rings is 1. The number of nitrogens with zero attached hydrogens (tertiary/aromatic N) is 2. The molecule has 3 heterocycles. The van der Waals surface area contributed by atoms with Crippen LogP contribution < -0.4 is 5.59 Å². The summed E-state index contributed by atoms with van der Waals surface area (Å²) in [6.07, 6.45) is 3.15. The van der Waals surface area contributed by atoms with Crippen LogP contribution in [0.15, 0.2) is 30.3 Å². The zero-order valence-corrected chi connectivity index (χ0v) is 17.0. The van der Waals surface area contributed by atoms with Gasteiger partial charge >= 0.3 is 7.12 Å². The molecule has 0 N–H and O–H groups in total. The van der Waals surface area contributed by atoms with E-state index in [9.17, 15) is 0 Å². The zero-order valence-electron chi connectivity index (χ0n) is 17.0. The molecule has 0 radical (unpaired) electrons. The van der Waals surface area contributed by atoms with Gasteiger partial charge in [0.2, 0.25) is 0 Å². The molecular formula is C21H29BN2O3. The van der Waals surface area contributed by atoms with Gasteiger partial charge in [-0.25, -0.2) is 4.68 Å². The maximum absolute atomic E-state index is 6.32. The molecule has 2 fully saturated rings. The molecule has 0 bridgehead atoms. The Morgan fingerprint density at radius 1 is 1.07 bits per heavy atom. The smallest absolute Gasteiger partial charge is 0.398 e. The quantitative estimate of drug-likeness (QED) is 0.772. The van der Waals surface area contributed by atoms with Crippen LogP contribution >= 0.6 is 0 Å². The van der Waals surface area contributed by atoms with Crippen molar-refractivity contribution >= 4 is 12.7 Å². The van der Waals surface area contributed by atoms with Gasteiger partial charge in [0.25, 0.3) is 0 Å². The van der Waals surface area contributed by atoms with Gasteiger partial charge in [-0.15, -0.1) is 0 Å². The predicted molar refractivity (Wildman–Crippen MR) is 107 cm³/mol. The number of aromatic nitrogens is 2. The minimum absolute atomic E-state index is 0.0643. The third-order valence-electron chi connectivity index (χ3n) is 6.11. The van der Waals surface area contributed by atoms with Crippen LogP contribution in [0.5, 0.6) is 0 Å². The third kappa shape index (κ3) is 3.35. The van der Waals surface area contributed by atoms with Crippen molar-refractivity contribution in [2.75, 3.05) is 6.61 Å². The lowest BCUT2D eigenvalue weighted by atomic mass is 9.83. The molecular weight excluding hydrogens is 339 g/mol. The first kappa shape index (κ1) is 18.7. The number of aryl methyl sites for hydroxylation is 1. The minimum Gasteiger partial charge on any atom is -0.398 e. The highest BCUT2D eigenvalue weighted by atomic mass is 16.7. The summed E-state index contributed by atoms with van der Waals surface area (Å²) in [5.74, 6) is 0. The van der Waals surface area contributed by atoms with E-state index in [1.165, 1.54) is 5.56 Å². The summed E-state index contributed by atoms with van der Waals surface area (Å²) in [5, 5.41) is 4.94. The molecule has 1 unspecified atom stereocenters. The standard InChI is InChI=1S/C21H29BN2O3/c1-15-10-6-7-11-16(15)17-14-18(22-26-20(2,3)21(4,5)27-22)24(23-17)19-12-8-9-13-25-19/h6-7,10-11,14,19H,8-9,12-13H2,1-5H3. The van der Waals surface area contributed by atoms with Crippen LogP contribution in [0.25, 0.3) is 11.3 Å². The molecule has 2 saturated heterocycles. The van der Waals surface area contributed by atoms with Crippen LogP contribution in [-0.2, 0) is 14.0 Å². The molecule has 0 saturated carbocycles. The Bertz CT molecular complexity index is 809. The maximum Gasteiger partial charge on any atom is 0.514 e. The van der Waals surface area contributed by atoms with Crippen molar-refractivity contribution in [2.45, 2.75) is 71.3 Å². The van der Waals surface area contributed by atoms with Gasteiger partial charge in [0.1, 0.15) is 6.23 Å². The van der Waals surface area contributed by atoms with Gasteiger partial charge < -0.3 is 14.0 Å². The maximum atomic E-state index is 6.32. The van der Waals surface area contributed by atoms with E-state index in [0.717, 1.165) is 42.7 Å². The van der Waals surface area contributed by atoms with Gasteiger partial charge in [0, 0.05) is 12.2 Å². The van der Waals surface area contributed by atoms with Gasteiger partial charge in [-0.2, -0.15) is 5.10 Å². The van der Waals surface area contributed by atoms with E-state index in [1.54, 1.807) is 0 Å². The first-order valence-corrected chi connectivity index (χ1v) is 9.91. The number of rotatable bonds is 3. The molecule has 144 valence electrons. The summed E-state index contributed by atoms with van der Waals surface area (Å²) in [6, 6.07) is 10.4. The van der Waals surface area contributed by atoms with Gasteiger partial charge in [-0.1, -0.05) is 24.3 Å². The van der Waals surface area contributed by atoms with Crippen molar-refractivity contribution in [3.05, 3.63) is 35.9 Å². The summed E-state index contributed by atoms with van der Waals surface area (Å²) in [7, 11) is -0.453. The fourth-order valence-electron chi connectivity index (χ4n) is 3.69. The van der Waals surface area contributed by atoms with Gasteiger partial charge in [-0.05, 0) is 65.5 Å². The Morgan fingerprint density at radius 3 is 2.41 bits per heavy atom. The van der Waals surface area contributed by atoms with Gasteiger partial charge in [0.05, 0.1) is 22.5 Å². The van der Waals surface area contributed by atoms with E-state index in [-0.39, 0.29) is 17.4 Å². The lowest BCUT2D eigenvalue weighted by Gasteiger charge is -2.32. The summed E-state index contributed by atoms with van der Waals surface area (Å²) < 4.78 is 20.7. The molecule has 1 aromatic carbocycles. The Labute approximate surface area is 162 Å². The number of ether oxygens (including phenoxy) is 1. The molecule has 4 rings (SSSR count). The summed E-state index contributed by atoms with van der Waals surface area (Å²) in [5.41, 5.74) is 3.43. The van der Waals surface area contributed by atoms with Crippen molar-refractivity contribution < 1.29 is 14.0 Å². The van der Waals surface area contributed by atoms with Crippen LogP contribution in [0, 0.1) is 6.92 Å². The summed E-state index contributed by atoms with van der Waals surface area (Å²) in [6.45, 7) is 11.2. The number of hydrogen-bond acceptors (Lipinski definition) is 4. The molecule has 0 aliphatic carbocycles. The average Bonchev–Trinajstić information content (AvgIpc) is 3.15. The molecule has 27 heavy (non-hydrogen) atoms. The topological polar surface area (TPSA) is 45.5 Å². The molecule has 0 amide bonds. The molecule has 2 aromatic rings. The lowest BCUT2D eigenvalue weighted by molar-refractivity contribution is -0.0378.